The molecule has 1 aliphatic heterocycles. The summed E-state index contributed by atoms with van der Waals surface area (Å²) in [6, 6.07) is 13.0. The summed E-state index contributed by atoms with van der Waals surface area (Å²) < 4.78 is 11.2. The summed E-state index contributed by atoms with van der Waals surface area (Å²) in [6.45, 7) is 5.65. The van der Waals surface area contributed by atoms with Crippen molar-refractivity contribution in [3.8, 4) is 17.7 Å². The molecule has 0 atom stereocenters. The first-order chi connectivity index (χ1) is 15.2. The minimum atomic E-state index is -0.113. The maximum atomic E-state index is 12.2. The summed E-state index contributed by atoms with van der Waals surface area (Å²) >= 11 is 0. The molecule has 1 N–H and O–H groups in total. The zero-order chi connectivity index (χ0) is 21.9. The Kier molecular flexibility index (Phi) is 8.68. The third-order valence-corrected chi connectivity index (χ3v) is 5.38. The molecule has 0 saturated carbocycles. The van der Waals surface area contributed by atoms with Crippen LogP contribution in [0.1, 0.15) is 37.3 Å². The Morgan fingerprint density at radius 3 is 2.61 bits per heavy atom. The van der Waals surface area contributed by atoms with E-state index < -0.39 is 0 Å². The molecular weight excluding hydrogens is 392 g/mol. The van der Waals surface area contributed by atoms with Gasteiger partial charge >= 0.3 is 0 Å². The average Bonchev–Trinajstić information content (AvgIpc) is 2.82. The fourth-order valence-electron chi connectivity index (χ4n) is 3.52. The van der Waals surface area contributed by atoms with Gasteiger partial charge < -0.3 is 19.7 Å². The molecule has 3 rings (SSSR count). The van der Waals surface area contributed by atoms with Crippen LogP contribution >= 0.6 is 0 Å². The van der Waals surface area contributed by atoms with E-state index in [2.05, 4.69) is 34.3 Å². The summed E-state index contributed by atoms with van der Waals surface area (Å²) in [6.07, 6.45) is 5.66. The van der Waals surface area contributed by atoms with E-state index in [4.69, 9.17) is 14.7 Å². The van der Waals surface area contributed by atoms with E-state index in [1.165, 1.54) is 5.56 Å². The SMILES string of the molecule is CCc1ccc(OCCCN2CCC(NC(=O)COc3ccc(C#N)cc3)CC2)nc1. The van der Waals surface area contributed by atoms with Crippen LogP contribution in [0.3, 0.4) is 0 Å². The topological polar surface area (TPSA) is 87.5 Å². The highest BCUT2D eigenvalue weighted by Crippen LogP contribution is 2.13. The van der Waals surface area contributed by atoms with Crippen molar-refractivity contribution in [2.45, 2.75) is 38.6 Å². The van der Waals surface area contributed by atoms with Crippen LogP contribution in [0.5, 0.6) is 11.6 Å². The van der Waals surface area contributed by atoms with Gasteiger partial charge in [0.05, 0.1) is 18.2 Å². The predicted octanol–water partition coefficient (Wildman–Crippen LogP) is 2.94. The third kappa shape index (κ3) is 7.58. The number of aromatic nitrogens is 1. The van der Waals surface area contributed by atoms with E-state index in [1.54, 1.807) is 24.3 Å². The molecule has 31 heavy (non-hydrogen) atoms. The number of hydrogen-bond donors (Lipinski definition) is 1. The molecule has 2 aromatic rings. The summed E-state index contributed by atoms with van der Waals surface area (Å²) in [5.74, 6) is 1.15. The fraction of sp³-hybridized carbons (Fsp3) is 0.458. The van der Waals surface area contributed by atoms with Gasteiger partial charge in [0.25, 0.3) is 5.91 Å². The van der Waals surface area contributed by atoms with Gasteiger partial charge in [0.1, 0.15) is 5.75 Å². The molecular formula is C24H30N4O3. The van der Waals surface area contributed by atoms with Crippen molar-refractivity contribution in [1.82, 2.24) is 15.2 Å². The largest absolute Gasteiger partial charge is 0.484 e. The summed E-state index contributed by atoms with van der Waals surface area (Å²) in [7, 11) is 0. The standard InChI is InChI=1S/C24H30N4O3/c1-2-19-6-9-24(26-17-19)30-15-3-12-28-13-10-21(11-14-28)27-23(29)18-31-22-7-4-20(16-25)5-8-22/h4-9,17,21H,2-3,10-15,18H2,1H3,(H,27,29). The Balaban J connectivity index is 1.26. The number of nitriles is 1. The molecule has 2 heterocycles. The van der Waals surface area contributed by atoms with Crippen LogP contribution in [0.4, 0.5) is 0 Å². The third-order valence-electron chi connectivity index (χ3n) is 5.38. The Bertz CT molecular complexity index is 854. The lowest BCUT2D eigenvalue weighted by atomic mass is 10.0. The van der Waals surface area contributed by atoms with Crippen molar-refractivity contribution in [1.29, 1.82) is 5.26 Å². The number of pyridine rings is 1. The van der Waals surface area contributed by atoms with E-state index in [0.29, 0.717) is 23.8 Å². The summed E-state index contributed by atoms with van der Waals surface area (Å²) in [5.41, 5.74) is 1.78. The second-order valence-electron chi connectivity index (χ2n) is 7.67. The molecule has 0 radical (unpaired) electrons. The van der Waals surface area contributed by atoms with Crippen molar-refractivity contribution in [2.24, 2.45) is 0 Å². The number of aryl methyl sites for hydroxylation is 1. The first kappa shape index (κ1) is 22.6. The molecule has 1 aromatic carbocycles. The quantitative estimate of drug-likeness (QED) is 0.593. The van der Waals surface area contributed by atoms with Crippen molar-refractivity contribution in [3.05, 3.63) is 53.7 Å². The summed E-state index contributed by atoms with van der Waals surface area (Å²) in [5, 5.41) is 11.9. The highest BCUT2D eigenvalue weighted by molar-refractivity contribution is 5.77. The monoisotopic (exact) mass is 422 g/mol. The first-order valence-corrected chi connectivity index (χ1v) is 10.9. The van der Waals surface area contributed by atoms with Crippen LogP contribution in [0.2, 0.25) is 0 Å². The second kappa shape index (κ2) is 11.9. The first-order valence-electron chi connectivity index (χ1n) is 10.9. The molecule has 0 aliphatic carbocycles. The molecule has 164 valence electrons. The molecule has 1 saturated heterocycles. The number of carbonyl (C=O) groups is 1. The van der Waals surface area contributed by atoms with Crippen LogP contribution in [0.25, 0.3) is 0 Å². The van der Waals surface area contributed by atoms with Gasteiger partial charge in [-0.1, -0.05) is 13.0 Å². The molecule has 0 bridgehead atoms. The number of benzene rings is 1. The number of carbonyl (C=O) groups excluding carboxylic acids is 1. The molecule has 1 aromatic heterocycles. The van der Waals surface area contributed by atoms with Gasteiger partial charge in [0, 0.05) is 37.9 Å². The van der Waals surface area contributed by atoms with E-state index in [-0.39, 0.29) is 18.6 Å². The number of ether oxygens (including phenoxy) is 2. The fourth-order valence-corrected chi connectivity index (χ4v) is 3.52. The zero-order valence-corrected chi connectivity index (χ0v) is 18.0. The number of likely N-dealkylation sites (tertiary alicyclic amines) is 1. The number of nitrogens with one attached hydrogen (secondary N) is 1. The lowest BCUT2D eigenvalue weighted by molar-refractivity contribution is -0.124. The highest BCUT2D eigenvalue weighted by atomic mass is 16.5. The molecule has 7 heteroatoms. The normalized spacial score (nSPS) is 14.6. The lowest BCUT2D eigenvalue weighted by Gasteiger charge is -2.32. The second-order valence-corrected chi connectivity index (χ2v) is 7.67. The molecule has 0 spiro atoms. The predicted molar refractivity (Wildman–Crippen MR) is 118 cm³/mol. The van der Waals surface area contributed by atoms with E-state index in [1.807, 2.05) is 12.3 Å². The smallest absolute Gasteiger partial charge is 0.258 e. The van der Waals surface area contributed by atoms with Gasteiger partial charge in [-0.3, -0.25) is 4.79 Å². The highest BCUT2D eigenvalue weighted by Gasteiger charge is 2.20. The molecule has 1 fully saturated rings. The zero-order valence-electron chi connectivity index (χ0n) is 18.0. The van der Waals surface area contributed by atoms with Crippen molar-refractivity contribution in [2.75, 3.05) is 32.8 Å². The maximum absolute atomic E-state index is 12.2. The van der Waals surface area contributed by atoms with Crippen LogP contribution < -0.4 is 14.8 Å². The number of rotatable bonds is 10. The van der Waals surface area contributed by atoms with Crippen LogP contribution in [0, 0.1) is 11.3 Å². The number of piperidine rings is 1. The van der Waals surface area contributed by atoms with Gasteiger partial charge in [-0.2, -0.15) is 5.26 Å². The Morgan fingerprint density at radius 1 is 1.19 bits per heavy atom. The van der Waals surface area contributed by atoms with Gasteiger partial charge in [-0.05, 0) is 55.5 Å². The van der Waals surface area contributed by atoms with E-state index >= 15 is 0 Å². The Labute approximate surface area is 184 Å². The van der Waals surface area contributed by atoms with Crippen LogP contribution in [0.15, 0.2) is 42.6 Å². The molecule has 1 amide bonds. The minimum absolute atomic E-state index is 0.0171. The van der Waals surface area contributed by atoms with E-state index in [0.717, 1.165) is 45.3 Å². The number of hydrogen-bond acceptors (Lipinski definition) is 6. The summed E-state index contributed by atoms with van der Waals surface area (Å²) in [4.78, 5) is 18.9. The molecule has 7 nitrogen and oxygen atoms in total. The Morgan fingerprint density at radius 2 is 1.97 bits per heavy atom. The maximum Gasteiger partial charge on any atom is 0.258 e. The minimum Gasteiger partial charge on any atom is -0.484 e. The van der Waals surface area contributed by atoms with Crippen LogP contribution in [-0.4, -0.2) is 54.7 Å². The van der Waals surface area contributed by atoms with Crippen molar-refractivity contribution < 1.29 is 14.3 Å². The Hall–Kier alpha value is -3.11. The molecule has 1 aliphatic rings. The van der Waals surface area contributed by atoms with Crippen LogP contribution in [-0.2, 0) is 11.2 Å². The number of nitrogens with zero attached hydrogens (tertiary/aromatic N) is 3. The van der Waals surface area contributed by atoms with Crippen molar-refractivity contribution in [3.63, 3.8) is 0 Å². The average molecular weight is 423 g/mol. The number of amides is 1. The van der Waals surface area contributed by atoms with Crippen molar-refractivity contribution >= 4 is 5.91 Å². The molecule has 0 unspecified atom stereocenters. The van der Waals surface area contributed by atoms with Gasteiger partial charge in [-0.25, -0.2) is 4.98 Å². The lowest BCUT2D eigenvalue weighted by Crippen LogP contribution is -2.46. The van der Waals surface area contributed by atoms with E-state index in [9.17, 15) is 4.79 Å². The van der Waals surface area contributed by atoms with Gasteiger partial charge in [0.15, 0.2) is 6.61 Å². The van der Waals surface area contributed by atoms with Gasteiger partial charge in [-0.15, -0.1) is 0 Å². The van der Waals surface area contributed by atoms with Gasteiger partial charge in [0.2, 0.25) is 5.88 Å².